The molecule has 0 aliphatic heterocycles. The lowest BCUT2D eigenvalue weighted by atomic mass is 10.2. The molecule has 9 heteroatoms. The van der Waals surface area contributed by atoms with Crippen LogP contribution in [0.15, 0.2) is 29.7 Å². The molecule has 3 aromatic heterocycles. The molecule has 0 amide bonds. The summed E-state index contributed by atoms with van der Waals surface area (Å²) in [5, 5.41) is 21.7. The van der Waals surface area contributed by atoms with Gasteiger partial charge in [0.2, 0.25) is 0 Å². The molecule has 0 aromatic carbocycles. The fourth-order valence-corrected chi connectivity index (χ4v) is 3.51. The van der Waals surface area contributed by atoms with Crippen molar-refractivity contribution in [2.75, 3.05) is 0 Å². The first-order valence-electron chi connectivity index (χ1n) is 8.10. The number of thioether (sulfide) groups is 1. The summed E-state index contributed by atoms with van der Waals surface area (Å²) in [4.78, 5) is 4.08. The van der Waals surface area contributed by atoms with Crippen molar-refractivity contribution >= 4 is 11.8 Å². The van der Waals surface area contributed by atoms with Crippen molar-refractivity contribution in [3.8, 4) is 11.4 Å². The number of hydrogen-bond acceptors (Lipinski definition) is 7. The molecule has 124 valence electrons. The third-order valence-corrected chi connectivity index (χ3v) is 4.83. The minimum atomic E-state index is 0.498. The number of hydrogen-bond donors (Lipinski definition) is 0. The lowest BCUT2D eigenvalue weighted by Gasteiger charge is -2.08. The van der Waals surface area contributed by atoms with Gasteiger partial charge in [-0.25, -0.2) is 4.68 Å². The lowest BCUT2D eigenvalue weighted by molar-refractivity contribution is 0.564. The predicted molar refractivity (Wildman–Crippen MR) is 89.2 cm³/mol. The van der Waals surface area contributed by atoms with Crippen LogP contribution in [0.2, 0.25) is 0 Å². The normalized spacial score (nSPS) is 14.2. The van der Waals surface area contributed by atoms with Crippen molar-refractivity contribution in [3.05, 3.63) is 30.4 Å². The smallest absolute Gasteiger partial charge is 0.192 e. The van der Waals surface area contributed by atoms with E-state index in [4.69, 9.17) is 0 Å². The summed E-state index contributed by atoms with van der Waals surface area (Å²) in [5.74, 6) is 2.47. The number of tetrazole rings is 1. The second kappa shape index (κ2) is 6.68. The van der Waals surface area contributed by atoms with Gasteiger partial charge >= 0.3 is 0 Å². The average molecular weight is 342 g/mol. The molecule has 1 saturated carbocycles. The van der Waals surface area contributed by atoms with Gasteiger partial charge in [-0.15, -0.1) is 15.3 Å². The second-order valence-corrected chi connectivity index (χ2v) is 6.69. The summed E-state index contributed by atoms with van der Waals surface area (Å²) in [6.07, 6.45) is 6.93. The zero-order valence-corrected chi connectivity index (χ0v) is 14.2. The summed E-state index contributed by atoms with van der Waals surface area (Å²) >= 11 is 1.64. The molecular formula is C15H18N8S. The largest absolute Gasteiger partial charge is 0.299 e. The topological polar surface area (TPSA) is 87.2 Å². The van der Waals surface area contributed by atoms with Crippen LogP contribution in [0.3, 0.4) is 0 Å². The highest BCUT2D eigenvalue weighted by atomic mass is 32.2. The zero-order valence-electron chi connectivity index (χ0n) is 13.4. The van der Waals surface area contributed by atoms with Crippen molar-refractivity contribution in [1.82, 2.24) is 40.0 Å². The Bertz CT molecular complexity index is 808. The Hall–Kier alpha value is -2.29. The Labute approximate surface area is 143 Å². The third-order valence-electron chi connectivity index (χ3n) is 3.89. The zero-order chi connectivity index (χ0) is 16.4. The van der Waals surface area contributed by atoms with E-state index in [0.717, 1.165) is 35.3 Å². The quantitative estimate of drug-likeness (QED) is 0.609. The molecule has 8 nitrogen and oxygen atoms in total. The molecule has 3 heterocycles. The van der Waals surface area contributed by atoms with Crippen molar-refractivity contribution in [2.45, 2.75) is 49.7 Å². The van der Waals surface area contributed by atoms with Gasteiger partial charge in [-0.2, -0.15) is 0 Å². The minimum absolute atomic E-state index is 0.498. The molecule has 0 N–H and O–H groups in total. The molecule has 1 aliphatic rings. The Morgan fingerprint density at radius 1 is 1.17 bits per heavy atom. The molecule has 4 rings (SSSR count). The Morgan fingerprint density at radius 3 is 2.75 bits per heavy atom. The van der Waals surface area contributed by atoms with Gasteiger partial charge in [-0.3, -0.25) is 9.55 Å². The van der Waals surface area contributed by atoms with Gasteiger partial charge in [-0.1, -0.05) is 18.7 Å². The Balaban J connectivity index is 1.57. The SMILES string of the molecule is CCCn1nnnc1CSc1nnc(-c2ccncc2)n1C1CC1. The van der Waals surface area contributed by atoms with Crippen molar-refractivity contribution in [3.63, 3.8) is 0 Å². The third kappa shape index (κ3) is 3.03. The molecule has 0 bridgehead atoms. The van der Waals surface area contributed by atoms with Gasteiger partial charge in [-0.05, 0) is 41.8 Å². The highest BCUT2D eigenvalue weighted by Gasteiger charge is 2.30. The van der Waals surface area contributed by atoms with Crippen molar-refractivity contribution in [2.24, 2.45) is 0 Å². The molecule has 0 radical (unpaired) electrons. The summed E-state index contributed by atoms with van der Waals surface area (Å²) in [6.45, 7) is 2.95. The van der Waals surface area contributed by atoms with E-state index in [-0.39, 0.29) is 0 Å². The van der Waals surface area contributed by atoms with Crippen LogP contribution in [0, 0.1) is 0 Å². The molecule has 1 aliphatic carbocycles. The summed E-state index contributed by atoms with van der Waals surface area (Å²) < 4.78 is 4.10. The average Bonchev–Trinajstić information content (AvgIpc) is 3.21. The number of nitrogens with zero attached hydrogens (tertiary/aromatic N) is 8. The second-order valence-electron chi connectivity index (χ2n) is 5.75. The first kappa shape index (κ1) is 15.3. The molecule has 0 unspecified atom stereocenters. The van der Waals surface area contributed by atoms with Crippen LogP contribution in [-0.4, -0.2) is 40.0 Å². The molecule has 1 fully saturated rings. The van der Waals surface area contributed by atoms with Gasteiger partial charge in [0.05, 0.1) is 5.75 Å². The number of aromatic nitrogens is 8. The fraction of sp³-hybridized carbons (Fsp3) is 0.467. The van der Waals surface area contributed by atoms with Crippen molar-refractivity contribution < 1.29 is 0 Å². The van der Waals surface area contributed by atoms with Gasteiger partial charge in [0.15, 0.2) is 16.8 Å². The minimum Gasteiger partial charge on any atom is -0.299 e. The van der Waals surface area contributed by atoms with Gasteiger partial charge < -0.3 is 0 Å². The van der Waals surface area contributed by atoms with Crippen LogP contribution in [0.5, 0.6) is 0 Å². The van der Waals surface area contributed by atoms with Gasteiger partial charge in [0, 0.05) is 30.5 Å². The Morgan fingerprint density at radius 2 is 2.00 bits per heavy atom. The lowest BCUT2D eigenvalue weighted by Crippen LogP contribution is -2.05. The van der Waals surface area contributed by atoms with Crippen LogP contribution in [0.1, 0.15) is 38.1 Å². The van der Waals surface area contributed by atoms with Crippen LogP contribution in [0.4, 0.5) is 0 Å². The maximum Gasteiger partial charge on any atom is 0.192 e. The maximum absolute atomic E-state index is 4.41. The summed E-state index contributed by atoms with van der Waals surface area (Å²) in [5.41, 5.74) is 1.05. The Kier molecular flexibility index (Phi) is 4.24. The summed E-state index contributed by atoms with van der Waals surface area (Å²) in [6, 6.07) is 4.44. The highest BCUT2D eigenvalue weighted by Crippen LogP contribution is 2.41. The van der Waals surface area contributed by atoms with Gasteiger partial charge in [0.25, 0.3) is 0 Å². The molecule has 24 heavy (non-hydrogen) atoms. The molecule has 0 atom stereocenters. The van der Waals surface area contributed by atoms with E-state index in [2.05, 4.69) is 42.2 Å². The number of rotatable bonds is 7. The standard InChI is InChI=1S/C15H18N8S/c1-2-9-22-13(17-20-21-22)10-24-15-19-18-14(23(15)12-3-4-12)11-5-7-16-8-6-11/h5-8,12H,2-4,9-10H2,1H3. The van der Waals surface area contributed by atoms with Crippen LogP contribution < -0.4 is 0 Å². The van der Waals surface area contributed by atoms with Gasteiger partial charge in [0.1, 0.15) is 0 Å². The van der Waals surface area contributed by atoms with E-state index in [0.29, 0.717) is 11.8 Å². The molecule has 0 saturated heterocycles. The first-order chi connectivity index (χ1) is 11.9. The fourth-order valence-electron chi connectivity index (χ4n) is 2.58. The first-order valence-corrected chi connectivity index (χ1v) is 9.08. The van der Waals surface area contributed by atoms with Crippen LogP contribution >= 0.6 is 11.8 Å². The summed E-state index contributed by atoms with van der Waals surface area (Å²) in [7, 11) is 0. The number of aryl methyl sites for hydroxylation is 1. The van der Waals surface area contributed by atoms with E-state index in [9.17, 15) is 0 Å². The monoisotopic (exact) mass is 342 g/mol. The molecule has 0 spiro atoms. The molecular weight excluding hydrogens is 324 g/mol. The predicted octanol–water partition coefficient (Wildman–Crippen LogP) is 2.36. The van der Waals surface area contributed by atoms with Crippen LogP contribution in [0.25, 0.3) is 11.4 Å². The van der Waals surface area contributed by atoms with E-state index in [1.807, 2.05) is 16.8 Å². The van der Waals surface area contributed by atoms with E-state index in [1.54, 1.807) is 24.2 Å². The molecule has 3 aromatic rings. The van der Waals surface area contributed by atoms with E-state index >= 15 is 0 Å². The van der Waals surface area contributed by atoms with Crippen molar-refractivity contribution in [1.29, 1.82) is 0 Å². The van der Waals surface area contributed by atoms with E-state index < -0.39 is 0 Å². The van der Waals surface area contributed by atoms with Crippen LogP contribution in [-0.2, 0) is 12.3 Å². The number of pyridine rings is 1. The maximum atomic E-state index is 4.41. The van der Waals surface area contributed by atoms with E-state index in [1.165, 1.54) is 12.8 Å². The highest BCUT2D eigenvalue weighted by molar-refractivity contribution is 7.98.